The predicted octanol–water partition coefficient (Wildman–Crippen LogP) is 2.46. The summed E-state index contributed by atoms with van der Waals surface area (Å²) in [5.41, 5.74) is 3.26. The standard InChI is InChI=1S/C13H13NO4S/c1-6-3-9-10(4-7(6)2)18-12(14-9)8(13(17)19)5-11(15)16/h3-4,8H,5H2,1-2H3,(H,15,16)(H,17,19). The largest absolute Gasteiger partial charge is 0.481 e. The van der Waals surface area contributed by atoms with Gasteiger partial charge in [0, 0.05) is 0 Å². The van der Waals surface area contributed by atoms with Crippen LogP contribution in [0, 0.1) is 13.8 Å². The fraction of sp³-hybridized carbons (Fsp3) is 0.308. The fourth-order valence-corrected chi connectivity index (χ4v) is 2.00. The molecule has 0 bridgehead atoms. The third-order valence-corrected chi connectivity index (χ3v) is 3.31. The van der Waals surface area contributed by atoms with E-state index >= 15 is 0 Å². The van der Waals surface area contributed by atoms with E-state index in [1.165, 1.54) is 0 Å². The third-order valence-electron chi connectivity index (χ3n) is 3.00. The number of aryl methyl sites for hydroxylation is 2. The van der Waals surface area contributed by atoms with Crippen LogP contribution in [0.4, 0.5) is 0 Å². The maximum atomic E-state index is 11.4. The highest BCUT2D eigenvalue weighted by atomic mass is 32.1. The average molecular weight is 279 g/mol. The Balaban J connectivity index is 2.49. The molecule has 2 rings (SSSR count). The molecule has 1 atom stereocenters. The van der Waals surface area contributed by atoms with Crippen LogP contribution >= 0.6 is 12.6 Å². The first-order valence-corrected chi connectivity index (χ1v) is 6.15. The molecule has 1 unspecified atom stereocenters. The van der Waals surface area contributed by atoms with Crippen molar-refractivity contribution in [3.05, 3.63) is 29.2 Å². The van der Waals surface area contributed by atoms with E-state index in [1.807, 2.05) is 26.0 Å². The number of aromatic nitrogens is 1. The number of oxazole rings is 1. The first-order valence-electron chi connectivity index (χ1n) is 5.70. The van der Waals surface area contributed by atoms with Gasteiger partial charge in [0.15, 0.2) is 10.7 Å². The smallest absolute Gasteiger partial charge is 0.304 e. The maximum absolute atomic E-state index is 11.4. The summed E-state index contributed by atoms with van der Waals surface area (Å²) in [5.74, 6) is -1.96. The van der Waals surface area contributed by atoms with Gasteiger partial charge in [-0.1, -0.05) is 0 Å². The molecule has 0 saturated heterocycles. The number of carbonyl (C=O) groups is 2. The molecule has 0 saturated carbocycles. The predicted molar refractivity (Wildman–Crippen MR) is 72.5 cm³/mol. The van der Waals surface area contributed by atoms with Crippen LogP contribution in [0.1, 0.15) is 29.4 Å². The topological polar surface area (TPSA) is 80.4 Å². The Kier molecular flexibility index (Phi) is 3.61. The number of thiol groups is 1. The Morgan fingerprint density at radius 1 is 1.37 bits per heavy atom. The fourth-order valence-electron chi connectivity index (χ4n) is 1.80. The molecule has 0 amide bonds. The number of nitrogens with zero attached hydrogens (tertiary/aromatic N) is 1. The van der Waals surface area contributed by atoms with Gasteiger partial charge in [-0.3, -0.25) is 9.59 Å². The summed E-state index contributed by atoms with van der Waals surface area (Å²) in [4.78, 5) is 26.3. The van der Waals surface area contributed by atoms with E-state index in [0.717, 1.165) is 11.1 Å². The highest BCUT2D eigenvalue weighted by molar-refractivity contribution is 7.96. The quantitative estimate of drug-likeness (QED) is 0.840. The molecule has 0 aliphatic rings. The molecule has 0 fully saturated rings. The van der Waals surface area contributed by atoms with Crippen molar-refractivity contribution in [3.63, 3.8) is 0 Å². The van der Waals surface area contributed by atoms with Gasteiger partial charge in [-0.15, -0.1) is 12.6 Å². The highest BCUT2D eigenvalue weighted by Gasteiger charge is 2.26. The van der Waals surface area contributed by atoms with Gasteiger partial charge in [0.05, 0.1) is 6.42 Å². The lowest BCUT2D eigenvalue weighted by Gasteiger charge is -2.04. The number of aliphatic carboxylic acids is 1. The molecular formula is C13H13NO4S. The van der Waals surface area contributed by atoms with E-state index in [9.17, 15) is 9.59 Å². The molecule has 0 radical (unpaired) electrons. The van der Waals surface area contributed by atoms with E-state index in [0.29, 0.717) is 11.1 Å². The lowest BCUT2D eigenvalue weighted by molar-refractivity contribution is -0.138. The van der Waals surface area contributed by atoms with Crippen LogP contribution in [0.2, 0.25) is 0 Å². The van der Waals surface area contributed by atoms with Crippen molar-refractivity contribution in [1.29, 1.82) is 0 Å². The zero-order chi connectivity index (χ0) is 14.2. The lowest BCUT2D eigenvalue weighted by atomic mass is 10.1. The molecule has 0 aliphatic heterocycles. The van der Waals surface area contributed by atoms with Gasteiger partial charge >= 0.3 is 5.97 Å². The van der Waals surface area contributed by atoms with Gasteiger partial charge in [-0.25, -0.2) is 4.98 Å². The van der Waals surface area contributed by atoms with Crippen molar-refractivity contribution in [3.8, 4) is 0 Å². The average Bonchev–Trinajstić information content (AvgIpc) is 2.68. The molecular weight excluding hydrogens is 266 g/mol. The molecule has 1 aromatic heterocycles. The Morgan fingerprint density at radius 2 is 2.00 bits per heavy atom. The summed E-state index contributed by atoms with van der Waals surface area (Å²) in [6.07, 6.45) is -0.382. The molecule has 0 aliphatic carbocycles. The van der Waals surface area contributed by atoms with E-state index in [2.05, 4.69) is 17.6 Å². The Labute approximate surface area is 115 Å². The van der Waals surface area contributed by atoms with Crippen molar-refractivity contribution in [2.24, 2.45) is 0 Å². The van der Waals surface area contributed by atoms with Crippen LogP contribution < -0.4 is 0 Å². The van der Waals surface area contributed by atoms with Gasteiger partial charge in [0.2, 0.25) is 5.89 Å². The van der Waals surface area contributed by atoms with Gasteiger partial charge in [0.25, 0.3) is 0 Å². The monoisotopic (exact) mass is 279 g/mol. The van der Waals surface area contributed by atoms with E-state index in [-0.39, 0.29) is 12.3 Å². The molecule has 1 aromatic carbocycles. The molecule has 2 aromatic rings. The van der Waals surface area contributed by atoms with Crippen molar-refractivity contribution in [2.75, 3.05) is 0 Å². The minimum absolute atomic E-state index is 0.0994. The Bertz CT molecular complexity index is 623. The van der Waals surface area contributed by atoms with Crippen LogP contribution in [0.25, 0.3) is 11.1 Å². The molecule has 100 valence electrons. The summed E-state index contributed by atoms with van der Waals surface area (Å²) >= 11 is 3.70. The van der Waals surface area contributed by atoms with Crippen molar-refractivity contribution in [2.45, 2.75) is 26.2 Å². The number of rotatable bonds is 4. The van der Waals surface area contributed by atoms with E-state index in [1.54, 1.807) is 0 Å². The minimum atomic E-state index is -1.10. The molecule has 6 heteroatoms. The number of carboxylic acid groups (broad SMARTS) is 1. The van der Waals surface area contributed by atoms with Gasteiger partial charge < -0.3 is 9.52 Å². The molecule has 1 N–H and O–H groups in total. The number of hydrogen-bond acceptors (Lipinski definition) is 4. The summed E-state index contributed by atoms with van der Waals surface area (Å²) in [6, 6.07) is 3.67. The number of carbonyl (C=O) groups excluding carboxylic acids is 1. The van der Waals surface area contributed by atoms with Gasteiger partial charge in [-0.2, -0.15) is 0 Å². The van der Waals surface area contributed by atoms with Crippen molar-refractivity contribution < 1.29 is 19.1 Å². The summed E-state index contributed by atoms with van der Waals surface area (Å²) < 4.78 is 5.48. The second kappa shape index (κ2) is 5.05. The van der Waals surface area contributed by atoms with Crippen LogP contribution in [-0.2, 0) is 9.59 Å². The number of fused-ring (bicyclic) bond motifs is 1. The van der Waals surface area contributed by atoms with E-state index in [4.69, 9.17) is 9.52 Å². The summed E-state index contributed by atoms with van der Waals surface area (Å²) in [6.45, 7) is 3.89. The first-order chi connectivity index (χ1) is 8.88. The van der Waals surface area contributed by atoms with E-state index < -0.39 is 17.0 Å². The van der Waals surface area contributed by atoms with Crippen molar-refractivity contribution in [1.82, 2.24) is 4.98 Å². The van der Waals surface area contributed by atoms with Crippen LogP contribution in [0.15, 0.2) is 16.5 Å². The zero-order valence-corrected chi connectivity index (χ0v) is 11.4. The minimum Gasteiger partial charge on any atom is -0.481 e. The molecule has 19 heavy (non-hydrogen) atoms. The molecule has 0 spiro atoms. The maximum Gasteiger partial charge on any atom is 0.304 e. The third kappa shape index (κ3) is 2.78. The molecule has 1 heterocycles. The first kappa shape index (κ1) is 13.6. The summed E-state index contributed by atoms with van der Waals surface area (Å²) in [7, 11) is 0. The highest BCUT2D eigenvalue weighted by Crippen LogP contribution is 2.27. The zero-order valence-electron chi connectivity index (χ0n) is 10.5. The Morgan fingerprint density at radius 3 is 2.58 bits per heavy atom. The van der Waals surface area contributed by atoms with Crippen LogP contribution in [0.3, 0.4) is 0 Å². The van der Waals surface area contributed by atoms with Gasteiger partial charge in [-0.05, 0) is 37.1 Å². The lowest BCUT2D eigenvalue weighted by Crippen LogP contribution is -2.12. The second-order valence-corrected chi connectivity index (χ2v) is 4.89. The SMILES string of the molecule is Cc1cc2nc(C(CC(=O)O)C(=O)S)oc2cc1C. The second-order valence-electron chi connectivity index (χ2n) is 4.44. The Hall–Kier alpha value is -1.82. The van der Waals surface area contributed by atoms with Crippen molar-refractivity contribution >= 4 is 34.8 Å². The molecule has 5 nitrogen and oxygen atoms in total. The number of carboxylic acids is 1. The number of hydrogen-bond donors (Lipinski definition) is 2. The normalized spacial score (nSPS) is 12.6. The van der Waals surface area contributed by atoms with Crippen LogP contribution in [-0.4, -0.2) is 21.2 Å². The summed E-state index contributed by atoms with van der Waals surface area (Å²) in [5, 5.41) is 8.23. The van der Waals surface area contributed by atoms with Crippen LogP contribution in [0.5, 0.6) is 0 Å². The number of benzene rings is 1. The van der Waals surface area contributed by atoms with Gasteiger partial charge in [0.1, 0.15) is 11.4 Å².